The third-order valence-electron chi connectivity index (χ3n) is 2.12. The first kappa shape index (κ1) is 23.8. The molecule has 20 heavy (non-hydrogen) atoms. The Balaban J connectivity index is -0.000000656. The van der Waals surface area contributed by atoms with E-state index in [0.717, 1.165) is 25.8 Å². The van der Waals surface area contributed by atoms with Gasteiger partial charge in [-0.2, -0.15) is 0 Å². The summed E-state index contributed by atoms with van der Waals surface area (Å²) in [6.07, 6.45) is 3.46. The van der Waals surface area contributed by atoms with Crippen molar-refractivity contribution in [2.75, 3.05) is 19.6 Å². The fraction of sp³-hybridized carbons (Fsp3) is 0.867. The lowest BCUT2D eigenvalue weighted by Crippen LogP contribution is -2.35. The lowest BCUT2D eigenvalue weighted by molar-refractivity contribution is -0.120. The van der Waals surface area contributed by atoms with Crippen molar-refractivity contribution in [1.29, 1.82) is 0 Å². The lowest BCUT2D eigenvalue weighted by Gasteiger charge is -2.06. The lowest BCUT2D eigenvalue weighted by atomic mass is 10.2. The first-order valence-electron chi connectivity index (χ1n) is 7.99. The van der Waals surface area contributed by atoms with E-state index in [-0.39, 0.29) is 11.9 Å². The molecule has 5 nitrogen and oxygen atoms in total. The molecule has 0 atom stereocenters. The molecule has 0 bridgehead atoms. The van der Waals surface area contributed by atoms with Crippen LogP contribution in [0.15, 0.2) is 0 Å². The number of amides is 3. The summed E-state index contributed by atoms with van der Waals surface area (Å²) < 4.78 is 0. The summed E-state index contributed by atoms with van der Waals surface area (Å²) >= 11 is 0. The summed E-state index contributed by atoms with van der Waals surface area (Å²) in [5, 5.41) is 8.23. The average molecular weight is 289 g/mol. The van der Waals surface area contributed by atoms with Gasteiger partial charge in [-0.3, -0.25) is 4.79 Å². The third-order valence-corrected chi connectivity index (χ3v) is 2.12. The van der Waals surface area contributed by atoms with Gasteiger partial charge in [0.05, 0.1) is 0 Å². The molecular formula is C15H35N3O2. The van der Waals surface area contributed by atoms with Crippen LogP contribution in [0.1, 0.15) is 67.2 Å². The van der Waals surface area contributed by atoms with Crippen molar-refractivity contribution in [2.24, 2.45) is 0 Å². The minimum absolute atomic E-state index is 0.0976. The van der Waals surface area contributed by atoms with Crippen LogP contribution < -0.4 is 16.0 Å². The standard InChI is InChI=1S/C11H23N3O2.2C2H6/c1-3-10(15)13-8-6-5-7-9-14-11(16)12-4-2;2*1-2/h3-9H2,1-2H3,(H,13,15)(H2,12,14,16);2*1-2H3. The number of carbonyl (C=O) groups is 2. The maximum Gasteiger partial charge on any atom is 0.314 e. The van der Waals surface area contributed by atoms with E-state index in [1.54, 1.807) is 0 Å². The molecule has 0 saturated heterocycles. The van der Waals surface area contributed by atoms with Gasteiger partial charge in [-0.25, -0.2) is 4.79 Å². The molecule has 0 aliphatic carbocycles. The topological polar surface area (TPSA) is 70.2 Å². The maximum absolute atomic E-state index is 11.0. The molecule has 0 heterocycles. The number of unbranched alkanes of at least 4 members (excludes halogenated alkanes) is 2. The number of urea groups is 1. The molecule has 0 unspecified atom stereocenters. The Bertz CT molecular complexity index is 209. The van der Waals surface area contributed by atoms with E-state index >= 15 is 0 Å². The molecule has 0 radical (unpaired) electrons. The molecule has 0 aliphatic heterocycles. The second-order valence-electron chi connectivity index (χ2n) is 3.55. The molecule has 0 spiro atoms. The van der Waals surface area contributed by atoms with Crippen LogP contribution >= 0.6 is 0 Å². The van der Waals surface area contributed by atoms with Crippen molar-refractivity contribution in [1.82, 2.24) is 16.0 Å². The van der Waals surface area contributed by atoms with Crippen LogP contribution in [0.3, 0.4) is 0 Å². The normalized spacial score (nSPS) is 8.30. The van der Waals surface area contributed by atoms with E-state index in [0.29, 0.717) is 19.5 Å². The Hall–Kier alpha value is -1.26. The summed E-state index contributed by atoms with van der Waals surface area (Å²) in [5.41, 5.74) is 0. The first-order chi connectivity index (χ1) is 9.70. The number of carbonyl (C=O) groups excluding carboxylic acids is 2. The van der Waals surface area contributed by atoms with E-state index in [4.69, 9.17) is 0 Å². The number of rotatable bonds is 8. The van der Waals surface area contributed by atoms with E-state index in [1.165, 1.54) is 0 Å². The smallest absolute Gasteiger partial charge is 0.314 e. The Morgan fingerprint density at radius 3 is 1.70 bits per heavy atom. The van der Waals surface area contributed by atoms with Crippen LogP contribution in [0.25, 0.3) is 0 Å². The zero-order valence-electron chi connectivity index (χ0n) is 14.3. The van der Waals surface area contributed by atoms with Crippen LogP contribution in [0.4, 0.5) is 4.79 Å². The van der Waals surface area contributed by atoms with Crippen LogP contribution in [0.5, 0.6) is 0 Å². The molecule has 0 saturated carbocycles. The van der Waals surface area contributed by atoms with Gasteiger partial charge in [-0.1, -0.05) is 34.6 Å². The quantitative estimate of drug-likeness (QED) is 0.601. The highest BCUT2D eigenvalue weighted by Gasteiger charge is 1.97. The van der Waals surface area contributed by atoms with Crippen LogP contribution in [0, 0.1) is 0 Å². The summed E-state index contributed by atoms with van der Waals surface area (Å²) in [5.74, 6) is 0.0976. The Labute approximate surface area is 125 Å². The molecule has 5 heteroatoms. The van der Waals surface area contributed by atoms with Crippen LogP contribution in [-0.2, 0) is 4.79 Å². The van der Waals surface area contributed by atoms with Crippen LogP contribution in [-0.4, -0.2) is 31.6 Å². The minimum Gasteiger partial charge on any atom is -0.356 e. The molecule has 3 N–H and O–H groups in total. The van der Waals surface area contributed by atoms with Crippen LogP contribution in [0.2, 0.25) is 0 Å². The average Bonchev–Trinajstić information content (AvgIpc) is 2.50. The molecule has 122 valence electrons. The minimum atomic E-state index is -0.109. The third kappa shape index (κ3) is 22.0. The summed E-state index contributed by atoms with van der Waals surface area (Å²) in [4.78, 5) is 21.9. The van der Waals surface area contributed by atoms with Gasteiger partial charge in [0.1, 0.15) is 0 Å². The van der Waals surface area contributed by atoms with Crippen molar-refractivity contribution in [3.8, 4) is 0 Å². The summed E-state index contributed by atoms with van der Waals surface area (Å²) in [6, 6.07) is -0.109. The molecule has 0 fully saturated rings. The van der Waals surface area contributed by atoms with Gasteiger partial charge >= 0.3 is 6.03 Å². The van der Waals surface area contributed by atoms with Gasteiger partial charge < -0.3 is 16.0 Å². The van der Waals surface area contributed by atoms with E-state index < -0.39 is 0 Å². The second kappa shape index (κ2) is 22.9. The van der Waals surface area contributed by atoms with Crippen molar-refractivity contribution in [3.63, 3.8) is 0 Å². The highest BCUT2D eigenvalue weighted by molar-refractivity contribution is 5.75. The molecule has 0 aromatic rings. The molecule has 0 aromatic heterocycles. The highest BCUT2D eigenvalue weighted by atomic mass is 16.2. The highest BCUT2D eigenvalue weighted by Crippen LogP contribution is 1.92. The van der Waals surface area contributed by atoms with Gasteiger partial charge in [0, 0.05) is 26.1 Å². The van der Waals surface area contributed by atoms with Gasteiger partial charge in [0.25, 0.3) is 0 Å². The SMILES string of the molecule is CC.CC.CCNC(=O)NCCCCCNC(=O)CC. The predicted octanol–water partition coefficient (Wildman–Crippen LogP) is 3.05. The van der Waals surface area contributed by atoms with E-state index in [1.807, 2.05) is 41.5 Å². The monoisotopic (exact) mass is 289 g/mol. The molecule has 0 aliphatic rings. The van der Waals surface area contributed by atoms with Gasteiger partial charge in [-0.05, 0) is 26.2 Å². The molecule has 3 amide bonds. The number of nitrogens with one attached hydrogen (secondary N) is 3. The van der Waals surface area contributed by atoms with E-state index in [9.17, 15) is 9.59 Å². The Morgan fingerprint density at radius 2 is 1.25 bits per heavy atom. The zero-order chi connectivity index (χ0) is 16.2. The molecule has 0 aromatic carbocycles. The fourth-order valence-electron chi connectivity index (χ4n) is 1.20. The zero-order valence-corrected chi connectivity index (χ0v) is 14.3. The van der Waals surface area contributed by atoms with Crippen molar-refractivity contribution in [3.05, 3.63) is 0 Å². The second-order valence-corrected chi connectivity index (χ2v) is 3.55. The number of hydrogen-bond acceptors (Lipinski definition) is 2. The Morgan fingerprint density at radius 1 is 0.750 bits per heavy atom. The molecule has 0 rings (SSSR count). The largest absolute Gasteiger partial charge is 0.356 e. The first-order valence-corrected chi connectivity index (χ1v) is 7.99. The summed E-state index contributed by atoms with van der Waals surface area (Å²) in [7, 11) is 0. The van der Waals surface area contributed by atoms with Crippen molar-refractivity contribution < 1.29 is 9.59 Å². The molecular weight excluding hydrogens is 254 g/mol. The van der Waals surface area contributed by atoms with Crippen molar-refractivity contribution >= 4 is 11.9 Å². The van der Waals surface area contributed by atoms with Gasteiger partial charge in [-0.15, -0.1) is 0 Å². The Kier molecular flexibility index (Phi) is 27.2. The van der Waals surface area contributed by atoms with E-state index in [2.05, 4.69) is 16.0 Å². The maximum atomic E-state index is 11.0. The summed E-state index contributed by atoms with van der Waals surface area (Å²) in [6.45, 7) is 13.8. The van der Waals surface area contributed by atoms with Crippen molar-refractivity contribution in [2.45, 2.75) is 67.2 Å². The van der Waals surface area contributed by atoms with Gasteiger partial charge in [0.15, 0.2) is 0 Å². The number of hydrogen-bond donors (Lipinski definition) is 3. The predicted molar refractivity (Wildman–Crippen MR) is 86.9 cm³/mol. The van der Waals surface area contributed by atoms with Gasteiger partial charge in [0.2, 0.25) is 5.91 Å². The fourth-order valence-corrected chi connectivity index (χ4v) is 1.20.